The van der Waals surface area contributed by atoms with Crippen molar-refractivity contribution >= 4 is 29.1 Å². The molecule has 1 saturated heterocycles. The van der Waals surface area contributed by atoms with E-state index in [1.807, 2.05) is 12.1 Å². The predicted molar refractivity (Wildman–Crippen MR) is 93.2 cm³/mol. The Morgan fingerprint density at radius 2 is 2.04 bits per heavy atom. The van der Waals surface area contributed by atoms with Crippen LogP contribution in [0.3, 0.4) is 0 Å². The van der Waals surface area contributed by atoms with E-state index in [1.165, 1.54) is 6.92 Å². The molecule has 1 aromatic carbocycles. The lowest BCUT2D eigenvalue weighted by Gasteiger charge is -2.14. The Hall–Kier alpha value is -0.850. The fourth-order valence-electron chi connectivity index (χ4n) is 1.85. The molecule has 0 radical (unpaired) electrons. The van der Waals surface area contributed by atoms with Crippen LogP contribution in [0.4, 0.5) is 0 Å². The first-order valence-electron chi connectivity index (χ1n) is 7.64. The normalized spacial score (nSPS) is 17.6. The maximum atomic E-state index is 10.6. The first-order chi connectivity index (χ1) is 11.1. The molecule has 0 saturated carbocycles. The highest BCUT2D eigenvalue weighted by molar-refractivity contribution is 6.41. The maximum absolute atomic E-state index is 10.6. The van der Waals surface area contributed by atoms with E-state index < -0.39 is 0 Å². The molecule has 0 aliphatic carbocycles. The van der Waals surface area contributed by atoms with Gasteiger partial charge in [0.15, 0.2) is 0 Å². The van der Waals surface area contributed by atoms with Crippen LogP contribution in [0.1, 0.15) is 13.3 Å². The van der Waals surface area contributed by atoms with Crippen LogP contribution in [-0.2, 0) is 14.3 Å². The quantitative estimate of drug-likeness (QED) is 0.790. The highest BCUT2D eigenvalue weighted by Crippen LogP contribution is 2.19. The molecule has 2 N–H and O–H groups in total. The molecule has 1 amide bonds. The van der Waals surface area contributed by atoms with Crippen molar-refractivity contribution < 1.29 is 14.3 Å². The zero-order valence-corrected chi connectivity index (χ0v) is 14.8. The largest absolute Gasteiger partial charge is 0.377 e. The van der Waals surface area contributed by atoms with Gasteiger partial charge in [-0.25, -0.2) is 0 Å². The van der Waals surface area contributed by atoms with E-state index in [0.29, 0.717) is 29.8 Å². The molecular formula is C16H24Cl2N2O3. The third-order valence-corrected chi connectivity index (χ3v) is 3.78. The van der Waals surface area contributed by atoms with Crippen molar-refractivity contribution in [1.29, 1.82) is 0 Å². The summed E-state index contributed by atoms with van der Waals surface area (Å²) < 4.78 is 11.0. The Morgan fingerprint density at radius 1 is 1.35 bits per heavy atom. The van der Waals surface area contributed by atoms with Crippen LogP contribution in [-0.4, -0.2) is 51.5 Å². The molecule has 1 aliphatic heterocycles. The van der Waals surface area contributed by atoms with Crippen molar-refractivity contribution in [2.45, 2.75) is 19.4 Å². The zero-order valence-electron chi connectivity index (χ0n) is 13.3. The average Bonchev–Trinajstić information content (AvgIpc) is 2.79. The average molecular weight is 363 g/mol. The topological polar surface area (TPSA) is 59.6 Å². The lowest BCUT2D eigenvalue weighted by Crippen LogP contribution is -2.27. The Labute approximate surface area is 147 Å². The van der Waals surface area contributed by atoms with Gasteiger partial charge in [-0.2, -0.15) is 0 Å². The number of amides is 1. The molecule has 0 aromatic heterocycles. The third kappa shape index (κ3) is 10.5. The number of halogens is 2. The number of carbonyl (C=O) groups is 1. The molecule has 0 spiro atoms. The van der Waals surface area contributed by atoms with Gasteiger partial charge in [0, 0.05) is 20.0 Å². The van der Waals surface area contributed by atoms with Gasteiger partial charge in [-0.1, -0.05) is 35.3 Å². The molecule has 23 heavy (non-hydrogen) atoms. The van der Waals surface area contributed by atoms with Crippen LogP contribution >= 0.6 is 23.2 Å². The minimum atomic E-state index is -0.0199. The fourth-order valence-corrected chi connectivity index (χ4v) is 2.13. The van der Waals surface area contributed by atoms with Gasteiger partial charge in [0.25, 0.3) is 0 Å². The fraction of sp³-hybridized carbons (Fsp3) is 0.562. The Morgan fingerprint density at radius 3 is 2.65 bits per heavy atom. The second kappa shape index (κ2) is 12.6. The third-order valence-electron chi connectivity index (χ3n) is 3.02. The van der Waals surface area contributed by atoms with Crippen LogP contribution in [0, 0.1) is 0 Å². The van der Waals surface area contributed by atoms with Crippen LogP contribution in [0.25, 0.3) is 0 Å². The monoisotopic (exact) mass is 362 g/mol. The van der Waals surface area contributed by atoms with Crippen molar-refractivity contribution in [3.05, 3.63) is 34.3 Å². The van der Waals surface area contributed by atoms with Gasteiger partial charge >= 0.3 is 0 Å². The van der Waals surface area contributed by atoms with E-state index >= 15 is 0 Å². The minimum absolute atomic E-state index is 0.0199. The second-order valence-corrected chi connectivity index (χ2v) is 5.82. The highest BCUT2D eigenvalue weighted by atomic mass is 35.5. The molecule has 1 fully saturated rings. The number of hydrogen-bond acceptors (Lipinski definition) is 4. The van der Waals surface area contributed by atoms with Gasteiger partial charge in [0.1, 0.15) is 0 Å². The first-order valence-corrected chi connectivity index (χ1v) is 8.39. The standard InChI is InChI=1S/C10H20N2O3.C6H4Cl2/c1-9(13)12-5-6-14-8-10-2-3-11-4-7-15-10;7-5-3-1-2-4-6(5)8/h10-11H,2-8H2,1H3,(H,12,13);1-4H. The summed E-state index contributed by atoms with van der Waals surface area (Å²) in [4.78, 5) is 10.6. The smallest absolute Gasteiger partial charge is 0.216 e. The molecule has 0 bridgehead atoms. The number of ether oxygens (including phenoxy) is 2. The van der Waals surface area contributed by atoms with E-state index in [9.17, 15) is 4.79 Å². The molecule has 1 unspecified atom stereocenters. The summed E-state index contributed by atoms with van der Waals surface area (Å²) in [6, 6.07) is 7.19. The van der Waals surface area contributed by atoms with Gasteiger partial charge in [0.2, 0.25) is 5.91 Å². The number of nitrogens with one attached hydrogen (secondary N) is 2. The summed E-state index contributed by atoms with van der Waals surface area (Å²) in [5.41, 5.74) is 0. The number of rotatable bonds is 5. The summed E-state index contributed by atoms with van der Waals surface area (Å²) in [7, 11) is 0. The predicted octanol–water partition coefficient (Wildman–Crippen LogP) is 2.51. The summed E-state index contributed by atoms with van der Waals surface area (Å²) in [6.07, 6.45) is 1.18. The number of hydrogen-bond donors (Lipinski definition) is 2. The van der Waals surface area contributed by atoms with Gasteiger partial charge < -0.3 is 20.1 Å². The Kier molecular flexibility index (Phi) is 11.0. The summed E-state index contributed by atoms with van der Waals surface area (Å²) in [5, 5.41) is 7.15. The molecule has 130 valence electrons. The summed E-state index contributed by atoms with van der Waals surface area (Å²) in [5.74, 6) is -0.0199. The van der Waals surface area contributed by atoms with Crippen molar-refractivity contribution in [1.82, 2.24) is 10.6 Å². The molecule has 7 heteroatoms. The number of benzene rings is 1. The molecular weight excluding hydrogens is 339 g/mol. The van der Waals surface area contributed by atoms with E-state index in [1.54, 1.807) is 12.1 Å². The van der Waals surface area contributed by atoms with Crippen molar-refractivity contribution in [2.75, 3.05) is 39.5 Å². The Balaban J connectivity index is 0.000000277. The number of carbonyl (C=O) groups excluding carboxylic acids is 1. The molecule has 2 rings (SSSR count). The van der Waals surface area contributed by atoms with Crippen molar-refractivity contribution in [3.8, 4) is 0 Å². The van der Waals surface area contributed by atoms with Crippen LogP contribution in [0.2, 0.25) is 10.0 Å². The zero-order chi connectivity index (χ0) is 16.9. The van der Waals surface area contributed by atoms with Crippen LogP contribution in [0.15, 0.2) is 24.3 Å². The molecule has 1 heterocycles. The molecule has 5 nitrogen and oxygen atoms in total. The SMILES string of the molecule is CC(=O)NCCOCC1CCNCCO1.Clc1ccccc1Cl. The van der Waals surface area contributed by atoms with E-state index in [-0.39, 0.29) is 12.0 Å². The lowest BCUT2D eigenvalue weighted by molar-refractivity contribution is -0.119. The van der Waals surface area contributed by atoms with Crippen LogP contribution in [0.5, 0.6) is 0 Å². The van der Waals surface area contributed by atoms with Gasteiger partial charge in [0.05, 0.1) is 36.0 Å². The first kappa shape index (κ1) is 20.2. The van der Waals surface area contributed by atoms with Crippen molar-refractivity contribution in [3.63, 3.8) is 0 Å². The molecule has 1 atom stereocenters. The highest BCUT2D eigenvalue weighted by Gasteiger charge is 2.11. The van der Waals surface area contributed by atoms with Gasteiger partial charge in [-0.3, -0.25) is 4.79 Å². The van der Waals surface area contributed by atoms with Crippen LogP contribution < -0.4 is 10.6 Å². The van der Waals surface area contributed by atoms with Gasteiger partial charge in [-0.05, 0) is 25.1 Å². The lowest BCUT2D eigenvalue weighted by atomic mass is 10.3. The minimum Gasteiger partial charge on any atom is -0.377 e. The van der Waals surface area contributed by atoms with Gasteiger partial charge in [-0.15, -0.1) is 0 Å². The van der Waals surface area contributed by atoms with E-state index in [2.05, 4.69) is 10.6 Å². The maximum Gasteiger partial charge on any atom is 0.216 e. The molecule has 1 aliphatic rings. The molecule has 1 aromatic rings. The van der Waals surface area contributed by atoms with E-state index in [0.717, 1.165) is 26.1 Å². The summed E-state index contributed by atoms with van der Waals surface area (Å²) >= 11 is 11.2. The van der Waals surface area contributed by atoms with E-state index in [4.69, 9.17) is 32.7 Å². The van der Waals surface area contributed by atoms with Crippen molar-refractivity contribution in [2.24, 2.45) is 0 Å². The second-order valence-electron chi connectivity index (χ2n) is 5.00. The Bertz CT molecular complexity index is 432. The summed E-state index contributed by atoms with van der Waals surface area (Å²) in [6.45, 7) is 5.89.